The van der Waals surface area contributed by atoms with Gasteiger partial charge < -0.3 is 10.2 Å². The molecule has 0 rings (SSSR count). The van der Waals surface area contributed by atoms with E-state index in [0.717, 1.165) is 45.3 Å². The summed E-state index contributed by atoms with van der Waals surface area (Å²) in [5, 5.41) is 3.39. The quantitative estimate of drug-likeness (QED) is 0.582. The summed E-state index contributed by atoms with van der Waals surface area (Å²) in [6, 6.07) is 0. The highest BCUT2D eigenvalue weighted by Crippen LogP contribution is 2.19. The summed E-state index contributed by atoms with van der Waals surface area (Å²) in [7, 11) is 1.76. The molecule has 0 aliphatic carbocycles. The van der Waals surface area contributed by atoms with Gasteiger partial charge in [-0.1, -0.05) is 26.7 Å². The van der Waals surface area contributed by atoms with E-state index in [1.165, 1.54) is 0 Å². The third kappa shape index (κ3) is 15.7. The number of hydrogen-bond donors (Lipinski definition) is 1. The standard InChI is InChI=1S/C14H29F3N2/c1-13(2)12-18-9-6-4-5-7-10-19(3)11-8-14(15,16)17/h13,18H,4-12H2,1-3H3. The van der Waals surface area contributed by atoms with Crippen LogP contribution < -0.4 is 5.32 Å². The third-order valence-corrected chi connectivity index (χ3v) is 2.97. The van der Waals surface area contributed by atoms with Crippen LogP contribution in [0.4, 0.5) is 13.2 Å². The minimum absolute atomic E-state index is 0.111. The molecule has 19 heavy (non-hydrogen) atoms. The van der Waals surface area contributed by atoms with Crippen molar-refractivity contribution in [2.75, 3.05) is 33.2 Å². The first kappa shape index (κ1) is 18.7. The maximum atomic E-state index is 12.0. The Morgan fingerprint density at radius 2 is 1.63 bits per heavy atom. The molecule has 0 atom stereocenters. The SMILES string of the molecule is CC(C)CNCCCCCCN(C)CCC(F)(F)F. The van der Waals surface area contributed by atoms with Gasteiger partial charge in [0.1, 0.15) is 0 Å². The van der Waals surface area contributed by atoms with Crippen molar-refractivity contribution >= 4 is 0 Å². The molecular formula is C14H29F3N2. The van der Waals surface area contributed by atoms with Crippen molar-refractivity contribution in [3.05, 3.63) is 0 Å². The summed E-state index contributed by atoms with van der Waals surface area (Å²) >= 11 is 0. The molecule has 116 valence electrons. The lowest BCUT2D eigenvalue weighted by Gasteiger charge is -2.17. The Morgan fingerprint density at radius 3 is 2.21 bits per heavy atom. The number of hydrogen-bond acceptors (Lipinski definition) is 2. The molecule has 0 bridgehead atoms. The first-order chi connectivity index (χ1) is 8.81. The zero-order valence-corrected chi connectivity index (χ0v) is 12.5. The Bertz CT molecular complexity index is 205. The molecule has 0 aliphatic rings. The lowest BCUT2D eigenvalue weighted by Crippen LogP contribution is -2.25. The second kappa shape index (κ2) is 10.5. The fourth-order valence-electron chi connectivity index (χ4n) is 1.81. The highest BCUT2D eigenvalue weighted by Gasteiger charge is 2.26. The summed E-state index contributed by atoms with van der Waals surface area (Å²) in [4.78, 5) is 1.77. The molecule has 0 saturated carbocycles. The fourth-order valence-corrected chi connectivity index (χ4v) is 1.81. The minimum atomic E-state index is -4.03. The van der Waals surface area contributed by atoms with Crippen molar-refractivity contribution < 1.29 is 13.2 Å². The molecule has 2 nitrogen and oxygen atoms in total. The van der Waals surface area contributed by atoms with Gasteiger partial charge in [-0.2, -0.15) is 13.2 Å². The predicted molar refractivity (Wildman–Crippen MR) is 74.3 cm³/mol. The number of nitrogens with one attached hydrogen (secondary N) is 1. The lowest BCUT2D eigenvalue weighted by molar-refractivity contribution is -0.137. The molecule has 0 aromatic carbocycles. The zero-order valence-electron chi connectivity index (χ0n) is 12.5. The van der Waals surface area contributed by atoms with Crippen LogP contribution in [0.3, 0.4) is 0 Å². The van der Waals surface area contributed by atoms with Crippen LogP contribution >= 0.6 is 0 Å². The van der Waals surface area contributed by atoms with Crippen LogP contribution in [-0.2, 0) is 0 Å². The molecule has 5 heteroatoms. The van der Waals surface area contributed by atoms with Crippen molar-refractivity contribution in [2.24, 2.45) is 5.92 Å². The summed E-state index contributed by atoms with van der Waals surface area (Å²) in [6.45, 7) is 7.34. The number of alkyl halides is 3. The fraction of sp³-hybridized carbons (Fsp3) is 1.00. The van der Waals surface area contributed by atoms with Crippen molar-refractivity contribution in [3.8, 4) is 0 Å². The molecule has 0 fully saturated rings. The molecule has 0 aromatic rings. The van der Waals surface area contributed by atoms with Crippen LogP contribution in [0.25, 0.3) is 0 Å². The smallest absolute Gasteiger partial charge is 0.316 e. The molecule has 0 spiro atoms. The van der Waals surface area contributed by atoms with Gasteiger partial charge in [-0.05, 0) is 45.4 Å². The average molecular weight is 282 g/mol. The highest BCUT2D eigenvalue weighted by molar-refractivity contribution is 4.58. The third-order valence-electron chi connectivity index (χ3n) is 2.97. The van der Waals surface area contributed by atoms with Gasteiger partial charge in [0.2, 0.25) is 0 Å². The predicted octanol–water partition coefficient (Wildman–Crippen LogP) is 3.68. The lowest BCUT2D eigenvalue weighted by atomic mass is 10.1. The number of unbranched alkanes of at least 4 members (excludes halogenated alkanes) is 3. The molecule has 0 saturated heterocycles. The average Bonchev–Trinajstić information content (AvgIpc) is 2.28. The van der Waals surface area contributed by atoms with Crippen molar-refractivity contribution in [1.82, 2.24) is 10.2 Å². The van der Waals surface area contributed by atoms with Crippen LogP contribution in [0.2, 0.25) is 0 Å². The molecule has 0 aliphatic heterocycles. The Hall–Kier alpha value is -0.290. The van der Waals surface area contributed by atoms with E-state index in [0.29, 0.717) is 5.92 Å². The van der Waals surface area contributed by atoms with Crippen LogP contribution in [0.1, 0.15) is 46.0 Å². The van der Waals surface area contributed by atoms with E-state index in [1.807, 2.05) is 0 Å². The molecule has 0 unspecified atom stereocenters. The summed E-state index contributed by atoms with van der Waals surface area (Å²) in [5.74, 6) is 0.683. The van der Waals surface area contributed by atoms with Crippen molar-refractivity contribution in [3.63, 3.8) is 0 Å². The Balaban J connectivity index is 3.25. The second-order valence-corrected chi connectivity index (χ2v) is 5.68. The van der Waals surface area contributed by atoms with E-state index in [2.05, 4.69) is 19.2 Å². The summed E-state index contributed by atoms with van der Waals surface area (Å²) in [5.41, 5.74) is 0. The topological polar surface area (TPSA) is 15.3 Å². The van der Waals surface area contributed by atoms with Crippen LogP contribution in [0.15, 0.2) is 0 Å². The molecule has 0 radical (unpaired) electrons. The Labute approximate surface area is 115 Å². The second-order valence-electron chi connectivity index (χ2n) is 5.68. The normalized spacial score (nSPS) is 12.6. The van der Waals surface area contributed by atoms with Gasteiger partial charge in [-0.25, -0.2) is 0 Å². The van der Waals surface area contributed by atoms with Gasteiger partial charge in [0.05, 0.1) is 6.42 Å². The largest absolute Gasteiger partial charge is 0.390 e. The zero-order chi connectivity index (χ0) is 14.7. The van der Waals surface area contributed by atoms with E-state index >= 15 is 0 Å². The van der Waals surface area contributed by atoms with Crippen molar-refractivity contribution in [1.29, 1.82) is 0 Å². The maximum Gasteiger partial charge on any atom is 0.390 e. The minimum Gasteiger partial charge on any atom is -0.316 e. The molecule has 0 amide bonds. The molecule has 1 N–H and O–H groups in total. The van der Waals surface area contributed by atoms with Gasteiger partial charge in [0, 0.05) is 6.54 Å². The molecule has 0 aromatic heterocycles. The van der Waals surface area contributed by atoms with Gasteiger partial charge in [-0.15, -0.1) is 0 Å². The first-order valence-corrected chi connectivity index (χ1v) is 7.27. The number of halogens is 3. The van der Waals surface area contributed by atoms with Gasteiger partial charge >= 0.3 is 6.18 Å². The maximum absolute atomic E-state index is 12.0. The Morgan fingerprint density at radius 1 is 1.00 bits per heavy atom. The monoisotopic (exact) mass is 282 g/mol. The Kier molecular flexibility index (Phi) is 10.3. The van der Waals surface area contributed by atoms with Crippen LogP contribution in [0.5, 0.6) is 0 Å². The van der Waals surface area contributed by atoms with E-state index in [4.69, 9.17) is 0 Å². The van der Waals surface area contributed by atoms with Crippen LogP contribution in [-0.4, -0.2) is 44.3 Å². The first-order valence-electron chi connectivity index (χ1n) is 7.27. The van der Waals surface area contributed by atoms with Gasteiger partial charge in [0.15, 0.2) is 0 Å². The van der Waals surface area contributed by atoms with Gasteiger partial charge in [0.25, 0.3) is 0 Å². The molecule has 0 heterocycles. The van der Waals surface area contributed by atoms with Gasteiger partial charge in [-0.3, -0.25) is 0 Å². The van der Waals surface area contributed by atoms with E-state index in [-0.39, 0.29) is 6.54 Å². The van der Waals surface area contributed by atoms with Crippen molar-refractivity contribution in [2.45, 2.75) is 52.1 Å². The highest BCUT2D eigenvalue weighted by atomic mass is 19.4. The van der Waals surface area contributed by atoms with E-state index in [9.17, 15) is 13.2 Å². The van der Waals surface area contributed by atoms with Crippen LogP contribution in [0, 0.1) is 5.92 Å². The summed E-state index contributed by atoms with van der Waals surface area (Å²) < 4.78 is 36.0. The van der Waals surface area contributed by atoms with E-state index < -0.39 is 12.6 Å². The number of rotatable bonds is 11. The molecular weight excluding hydrogens is 253 g/mol. The van der Waals surface area contributed by atoms with E-state index in [1.54, 1.807) is 11.9 Å². The number of nitrogens with zero attached hydrogens (tertiary/aromatic N) is 1. The summed E-state index contributed by atoms with van der Waals surface area (Å²) in [6.07, 6.45) is -0.353.